The Hall–Kier alpha value is -6.94. The summed E-state index contributed by atoms with van der Waals surface area (Å²) in [7, 11) is 0. The van der Waals surface area contributed by atoms with Crippen LogP contribution < -0.4 is 21.3 Å². The van der Waals surface area contributed by atoms with E-state index in [-0.39, 0.29) is 34.0 Å². The van der Waals surface area contributed by atoms with Gasteiger partial charge in [0.1, 0.15) is 22.9 Å². The number of carbonyl (C=O) groups is 4. The van der Waals surface area contributed by atoms with Gasteiger partial charge in [-0.2, -0.15) is 0 Å². The average Bonchev–Trinajstić information content (AvgIpc) is 3.10. The number of amides is 4. The van der Waals surface area contributed by atoms with Gasteiger partial charge in [0.2, 0.25) is 0 Å². The number of carbonyl (C=O) groups excluding carboxylic acids is 4. The molecule has 5 aromatic carbocycles. The van der Waals surface area contributed by atoms with Crippen molar-refractivity contribution in [3.05, 3.63) is 167 Å². The van der Waals surface area contributed by atoms with Crippen LogP contribution in [0.25, 0.3) is 12.2 Å². The Bertz CT molecular complexity index is 1830. The summed E-state index contributed by atoms with van der Waals surface area (Å²) < 4.78 is 0. The Balaban J connectivity index is 1.31. The predicted molar refractivity (Wildman–Crippen MR) is 184 cm³/mol. The lowest BCUT2D eigenvalue weighted by molar-refractivity contribution is -0.113. The molecule has 0 aromatic heterocycles. The van der Waals surface area contributed by atoms with Crippen molar-refractivity contribution in [3.63, 3.8) is 0 Å². The lowest BCUT2D eigenvalue weighted by Gasteiger charge is -2.13. The van der Waals surface area contributed by atoms with E-state index in [4.69, 9.17) is 0 Å². The number of hydrogen-bond donors (Lipinski definition) is 6. The molecule has 4 amide bonds. The summed E-state index contributed by atoms with van der Waals surface area (Å²) in [6.45, 7) is 0. The maximum absolute atomic E-state index is 13.2. The van der Waals surface area contributed by atoms with E-state index in [2.05, 4.69) is 21.3 Å². The molecule has 0 aliphatic heterocycles. The molecule has 0 aliphatic rings. The zero-order valence-electron chi connectivity index (χ0n) is 25.4. The van der Waals surface area contributed by atoms with E-state index in [9.17, 15) is 29.4 Å². The van der Waals surface area contributed by atoms with E-state index in [1.807, 2.05) is 12.1 Å². The normalized spacial score (nSPS) is 11.2. The van der Waals surface area contributed by atoms with Crippen molar-refractivity contribution in [2.45, 2.75) is 0 Å². The number of rotatable bonds is 10. The van der Waals surface area contributed by atoms with Crippen LogP contribution >= 0.6 is 0 Å². The molecule has 0 aliphatic carbocycles. The second-order valence-corrected chi connectivity index (χ2v) is 10.4. The Morgan fingerprint density at radius 1 is 0.438 bits per heavy atom. The highest BCUT2D eigenvalue weighted by Crippen LogP contribution is 2.17. The van der Waals surface area contributed by atoms with Gasteiger partial charge in [-0.1, -0.05) is 60.7 Å². The zero-order valence-corrected chi connectivity index (χ0v) is 25.4. The van der Waals surface area contributed by atoms with Crippen LogP contribution in [0.3, 0.4) is 0 Å². The Kier molecular flexibility index (Phi) is 10.4. The van der Waals surface area contributed by atoms with Gasteiger partial charge in [0, 0.05) is 22.5 Å². The maximum atomic E-state index is 13.2. The van der Waals surface area contributed by atoms with Crippen molar-refractivity contribution in [2.75, 3.05) is 10.6 Å². The molecule has 238 valence electrons. The molecule has 0 saturated heterocycles. The lowest BCUT2D eigenvalue weighted by Crippen LogP contribution is -2.31. The minimum absolute atomic E-state index is 0.0311. The Morgan fingerprint density at radius 2 is 0.771 bits per heavy atom. The predicted octanol–water partition coefficient (Wildman–Crippen LogP) is 5.92. The van der Waals surface area contributed by atoms with Crippen LogP contribution in [-0.4, -0.2) is 33.8 Å². The molecule has 6 N–H and O–H groups in total. The fraction of sp³-hybridized carbons (Fsp3) is 0. The van der Waals surface area contributed by atoms with Gasteiger partial charge < -0.3 is 31.5 Å². The summed E-state index contributed by atoms with van der Waals surface area (Å²) in [5, 5.41) is 29.8. The van der Waals surface area contributed by atoms with Gasteiger partial charge in [0.15, 0.2) is 0 Å². The number of phenolic OH excluding ortho intramolecular Hbond substituents is 2. The maximum Gasteiger partial charge on any atom is 0.272 e. The molecule has 0 fully saturated rings. The number of aromatic hydroxyl groups is 2. The largest absolute Gasteiger partial charge is 0.508 e. The van der Waals surface area contributed by atoms with Gasteiger partial charge in [-0.3, -0.25) is 19.2 Å². The summed E-state index contributed by atoms with van der Waals surface area (Å²) in [4.78, 5) is 52.8. The topological polar surface area (TPSA) is 157 Å². The van der Waals surface area contributed by atoms with Crippen molar-refractivity contribution < 1.29 is 29.4 Å². The molecule has 0 radical (unpaired) electrons. The van der Waals surface area contributed by atoms with Crippen LogP contribution in [0.15, 0.2) is 145 Å². The van der Waals surface area contributed by atoms with Gasteiger partial charge >= 0.3 is 0 Å². The Morgan fingerprint density at radius 3 is 1.10 bits per heavy atom. The quantitative estimate of drug-likeness (QED) is 0.0824. The standard InChI is InChI=1S/C38H30N4O6/c43-31-19-15-29(16-20-31)39-37(47)33(23-25-7-3-1-4-8-25)41-35(45)27-11-13-28(14-12-27)36(46)42-34(24-26-9-5-2-6-10-26)38(48)40-30-17-21-32(44)22-18-30/h1-24,43-44H,(H,39,47)(H,40,48)(H,41,45)(H,42,46)/b33-23+,34-24+. The molecule has 0 bridgehead atoms. The van der Waals surface area contributed by atoms with Crippen LogP contribution in [0.5, 0.6) is 11.5 Å². The van der Waals surface area contributed by atoms with Gasteiger partial charge in [0.25, 0.3) is 23.6 Å². The average molecular weight is 639 g/mol. The van der Waals surface area contributed by atoms with Crippen molar-refractivity contribution in [1.29, 1.82) is 0 Å². The summed E-state index contributed by atoms with van der Waals surface area (Å²) in [5.74, 6) is -2.28. The molecule has 0 atom stereocenters. The fourth-order valence-corrected chi connectivity index (χ4v) is 4.40. The Labute approximate surface area is 276 Å². The summed E-state index contributed by atoms with van der Waals surface area (Å²) in [6.07, 6.45) is 3.05. The first kappa shape index (κ1) is 32.5. The second kappa shape index (κ2) is 15.4. The third-order valence-corrected chi connectivity index (χ3v) is 6.87. The third kappa shape index (κ3) is 9.05. The summed E-state index contributed by atoms with van der Waals surface area (Å²) >= 11 is 0. The van der Waals surface area contributed by atoms with Crippen LogP contribution in [0.2, 0.25) is 0 Å². The van der Waals surface area contributed by atoms with E-state index >= 15 is 0 Å². The summed E-state index contributed by atoms with van der Waals surface area (Å²) in [6, 6.07) is 35.5. The second-order valence-electron chi connectivity index (χ2n) is 10.4. The van der Waals surface area contributed by atoms with Gasteiger partial charge in [-0.15, -0.1) is 0 Å². The van der Waals surface area contributed by atoms with Gasteiger partial charge in [-0.05, 0) is 96.1 Å². The number of nitrogens with one attached hydrogen (secondary N) is 4. The van der Waals surface area contributed by atoms with Crippen LogP contribution in [0, 0.1) is 0 Å². The SMILES string of the molecule is O=C(Nc1ccc(O)cc1)/C(=C\c1ccccc1)NC(=O)c1ccc(C(=O)N/C(=C/c2ccccc2)C(=O)Nc2ccc(O)cc2)cc1. The molecule has 0 unspecified atom stereocenters. The van der Waals surface area contributed by atoms with E-state index in [1.165, 1.54) is 84.9 Å². The fourth-order valence-electron chi connectivity index (χ4n) is 4.40. The smallest absolute Gasteiger partial charge is 0.272 e. The van der Waals surface area contributed by atoms with Gasteiger partial charge in [-0.25, -0.2) is 0 Å². The number of benzene rings is 5. The molecule has 10 nitrogen and oxygen atoms in total. The zero-order chi connectivity index (χ0) is 33.9. The molecule has 48 heavy (non-hydrogen) atoms. The number of anilines is 2. The molecule has 0 saturated carbocycles. The highest BCUT2D eigenvalue weighted by molar-refractivity contribution is 6.12. The molecule has 0 heterocycles. The van der Waals surface area contributed by atoms with Crippen LogP contribution in [0.4, 0.5) is 11.4 Å². The minimum atomic E-state index is -0.595. The van der Waals surface area contributed by atoms with E-state index in [1.54, 1.807) is 48.5 Å². The van der Waals surface area contributed by atoms with Crippen molar-refractivity contribution in [3.8, 4) is 11.5 Å². The first-order valence-corrected chi connectivity index (χ1v) is 14.7. The van der Waals surface area contributed by atoms with Crippen molar-refractivity contribution in [2.24, 2.45) is 0 Å². The van der Waals surface area contributed by atoms with E-state index < -0.39 is 23.6 Å². The highest BCUT2D eigenvalue weighted by atomic mass is 16.3. The molecule has 0 spiro atoms. The molecule has 5 aromatic rings. The van der Waals surface area contributed by atoms with Gasteiger partial charge in [0.05, 0.1) is 0 Å². The molecule has 10 heteroatoms. The van der Waals surface area contributed by atoms with Crippen molar-refractivity contribution >= 4 is 47.2 Å². The molecule has 5 rings (SSSR count). The highest BCUT2D eigenvalue weighted by Gasteiger charge is 2.18. The van der Waals surface area contributed by atoms with Crippen LogP contribution in [-0.2, 0) is 9.59 Å². The van der Waals surface area contributed by atoms with Crippen molar-refractivity contribution in [1.82, 2.24) is 10.6 Å². The third-order valence-electron chi connectivity index (χ3n) is 6.87. The monoisotopic (exact) mass is 638 g/mol. The van der Waals surface area contributed by atoms with E-state index in [0.717, 1.165) is 0 Å². The molecular weight excluding hydrogens is 608 g/mol. The summed E-state index contributed by atoms with van der Waals surface area (Å²) in [5.41, 5.74) is 2.47. The minimum Gasteiger partial charge on any atom is -0.508 e. The van der Waals surface area contributed by atoms with Crippen LogP contribution in [0.1, 0.15) is 31.8 Å². The first-order chi connectivity index (χ1) is 23.2. The number of phenols is 2. The first-order valence-electron chi connectivity index (χ1n) is 14.7. The lowest BCUT2D eigenvalue weighted by atomic mass is 10.1. The number of hydrogen-bond acceptors (Lipinski definition) is 6. The van der Waals surface area contributed by atoms with E-state index in [0.29, 0.717) is 22.5 Å². The molecular formula is C38H30N4O6.